The minimum absolute atomic E-state index is 0.187. The minimum Gasteiger partial charge on any atom is -0.334 e. The maximum atomic E-state index is 11.4. The molecule has 2 heterocycles. The van der Waals surface area contributed by atoms with Crippen molar-refractivity contribution >= 4 is 25.0 Å². The van der Waals surface area contributed by atoms with Crippen LogP contribution >= 0.6 is 25.0 Å². The van der Waals surface area contributed by atoms with Gasteiger partial charge in [0.2, 0.25) is 0 Å². The van der Waals surface area contributed by atoms with E-state index in [2.05, 4.69) is 13.8 Å². The highest BCUT2D eigenvalue weighted by atomic mass is 31.2. The van der Waals surface area contributed by atoms with Crippen molar-refractivity contribution in [3.8, 4) is 0 Å². The summed E-state index contributed by atoms with van der Waals surface area (Å²) in [6, 6.07) is 0. The molecule has 2 aliphatic heterocycles. The summed E-state index contributed by atoms with van der Waals surface area (Å²) in [7, 11) is -4.31. The molecule has 2 fully saturated rings. The van der Waals surface area contributed by atoms with Crippen LogP contribution < -0.4 is 0 Å². The fourth-order valence-corrected chi connectivity index (χ4v) is 5.62. The van der Waals surface area contributed by atoms with Gasteiger partial charge in [0.05, 0.1) is 26.4 Å². The zero-order valence-corrected chi connectivity index (χ0v) is 18.2. The molecule has 0 saturated carbocycles. The van der Waals surface area contributed by atoms with Gasteiger partial charge in [-0.05, 0) is 25.7 Å². The molecule has 0 aromatic heterocycles. The quantitative estimate of drug-likeness (QED) is 0.582. The maximum Gasteiger partial charge on any atom is 0.694 e. The highest BCUT2D eigenvalue weighted by molar-refractivity contribution is 7.46. The lowest BCUT2D eigenvalue weighted by Gasteiger charge is -2.42. The van der Waals surface area contributed by atoms with Crippen molar-refractivity contribution in [1.82, 2.24) is 0 Å². The highest BCUT2D eigenvalue weighted by Crippen LogP contribution is 2.50. The molecule has 2 rings (SSSR count). The van der Waals surface area contributed by atoms with Crippen molar-refractivity contribution < 1.29 is 32.1 Å². The lowest BCUT2D eigenvalue weighted by Crippen LogP contribution is -2.42. The molecule has 0 radical (unpaired) electrons. The number of hydrogen-bond donors (Lipinski definition) is 1. The predicted octanol–water partition coefficient (Wildman–Crippen LogP) is 4.57. The first-order chi connectivity index (χ1) is 11.8. The van der Waals surface area contributed by atoms with E-state index in [1.165, 1.54) is 0 Å². The average Bonchev–Trinajstić information content (AvgIpc) is 2.59. The first-order valence-electron chi connectivity index (χ1n) is 8.64. The van der Waals surface area contributed by atoms with Gasteiger partial charge in [0.25, 0.3) is 0 Å². The molecule has 0 spiro atoms. The molecule has 146 valence electrons. The molecule has 0 aliphatic carbocycles. The molecule has 0 amide bonds. The lowest BCUT2D eigenvalue weighted by molar-refractivity contribution is -0.0377. The third kappa shape index (κ3) is 6.38. The Balaban J connectivity index is 2.08. The normalized spacial score (nSPS) is 38.4. The number of rotatable bonds is 8. The Morgan fingerprint density at radius 1 is 0.960 bits per heavy atom. The van der Waals surface area contributed by atoms with Crippen molar-refractivity contribution in [2.45, 2.75) is 45.6 Å². The fourth-order valence-electron chi connectivity index (χ4n) is 3.24. The van der Waals surface area contributed by atoms with Crippen LogP contribution in [0.1, 0.15) is 39.5 Å². The van der Waals surface area contributed by atoms with Crippen molar-refractivity contribution in [3.63, 3.8) is 0 Å². The van der Waals surface area contributed by atoms with Gasteiger partial charge in [-0.1, -0.05) is 13.8 Å². The molecule has 0 aromatic rings. The van der Waals surface area contributed by atoms with Crippen LogP contribution in [-0.2, 0) is 27.2 Å². The van der Waals surface area contributed by atoms with Gasteiger partial charge in [-0.2, -0.15) is 0 Å². The van der Waals surface area contributed by atoms with Crippen LogP contribution in [0.15, 0.2) is 0 Å². The Hall–Kier alpha value is 0.720. The second-order valence-electron chi connectivity index (χ2n) is 7.05. The van der Waals surface area contributed by atoms with E-state index in [1.54, 1.807) is 0 Å². The Kier molecular flexibility index (Phi) is 8.61. The van der Waals surface area contributed by atoms with Gasteiger partial charge in [0, 0.05) is 28.7 Å². The largest absolute Gasteiger partial charge is 0.694 e. The molecular formula is C15H30O7P3+. The molecular weight excluding hydrogens is 385 g/mol. The van der Waals surface area contributed by atoms with E-state index >= 15 is 0 Å². The highest BCUT2D eigenvalue weighted by Gasteiger charge is 2.44. The molecule has 1 unspecified atom stereocenters. The molecule has 0 bridgehead atoms. The Bertz CT molecular complexity index is 403. The average molecular weight is 415 g/mol. The van der Waals surface area contributed by atoms with Crippen LogP contribution in [0.4, 0.5) is 0 Å². The summed E-state index contributed by atoms with van der Waals surface area (Å²) in [5.41, 5.74) is -0.374. The third-order valence-electron chi connectivity index (χ3n) is 5.27. The summed E-state index contributed by atoms with van der Waals surface area (Å²) < 4.78 is 39.8. The van der Waals surface area contributed by atoms with Crippen LogP contribution in [0.5, 0.6) is 0 Å². The van der Waals surface area contributed by atoms with Gasteiger partial charge in [-0.3, -0.25) is 0 Å². The summed E-state index contributed by atoms with van der Waals surface area (Å²) >= 11 is 0. The van der Waals surface area contributed by atoms with Crippen molar-refractivity contribution in [2.24, 2.45) is 10.8 Å². The lowest BCUT2D eigenvalue weighted by atomic mass is 9.75. The maximum absolute atomic E-state index is 11.4. The first-order valence-corrected chi connectivity index (χ1v) is 13.0. The molecule has 7 nitrogen and oxygen atoms in total. The SMILES string of the molecule is CCC1(CC(CC2(CC)COP(C)OC2)O[P+](=O)O)COP(C)OC1. The van der Waals surface area contributed by atoms with E-state index < -0.39 is 25.0 Å². The second kappa shape index (κ2) is 9.78. The van der Waals surface area contributed by atoms with Gasteiger partial charge in [-0.25, -0.2) is 0 Å². The van der Waals surface area contributed by atoms with E-state index in [0.717, 1.165) is 12.8 Å². The van der Waals surface area contributed by atoms with Crippen molar-refractivity contribution in [3.05, 3.63) is 0 Å². The van der Waals surface area contributed by atoms with E-state index in [0.29, 0.717) is 39.3 Å². The van der Waals surface area contributed by atoms with Crippen LogP contribution in [-0.4, -0.2) is 50.8 Å². The van der Waals surface area contributed by atoms with Crippen molar-refractivity contribution in [1.29, 1.82) is 0 Å². The Morgan fingerprint density at radius 2 is 1.32 bits per heavy atom. The van der Waals surface area contributed by atoms with Crippen LogP contribution in [0.2, 0.25) is 0 Å². The van der Waals surface area contributed by atoms with Crippen LogP contribution in [0, 0.1) is 10.8 Å². The molecule has 1 atom stereocenters. The molecule has 1 N–H and O–H groups in total. The van der Waals surface area contributed by atoms with E-state index in [4.69, 9.17) is 22.6 Å². The van der Waals surface area contributed by atoms with Crippen LogP contribution in [0.3, 0.4) is 0 Å². The van der Waals surface area contributed by atoms with Gasteiger partial charge >= 0.3 is 8.25 Å². The minimum atomic E-state index is -2.67. The molecule has 2 aliphatic rings. The van der Waals surface area contributed by atoms with Crippen molar-refractivity contribution in [2.75, 3.05) is 39.8 Å². The smallest absolute Gasteiger partial charge is 0.334 e. The fraction of sp³-hybridized carbons (Fsp3) is 1.00. The zero-order valence-electron chi connectivity index (χ0n) is 15.5. The summed E-state index contributed by atoms with van der Waals surface area (Å²) in [5, 5.41) is 0. The third-order valence-corrected chi connectivity index (χ3v) is 7.72. The van der Waals surface area contributed by atoms with Gasteiger partial charge < -0.3 is 18.1 Å². The van der Waals surface area contributed by atoms with Crippen LogP contribution in [0.25, 0.3) is 0 Å². The predicted molar refractivity (Wildman–Crippen MR) is 98.9 cm³/mol. The molecule has 0 aromatic carbocycles. The standard InChI is InChI=1S/C15H29O7P3/c1-5-14(9-18-23(3)19-10-14)7-13(22-25(16)17)8-15(6-2)11-20-24(4)21-12-15/h13H,5-12H2,1-4H3/p+1. The number of hydrogen-bond acceptors (Lipinski definition) is 6. The van der Waals surface area contributed by atoms with E-state index in [9.17, 15) is 9.46 Å². The summed E-state index contributed by atoms with van der Waals surface area (Å²) in [6.07, 6.45) is 2.61. The van der Waals surface area contributed by atoms with E-state index in [-0.39, 0.29) is 16.9 Å². The zero-order chi connectivity index (χ0) is 18.5. The van der Waals surface area contributed by atoms with Gasteiger partial charge in [0.15, 0.2) is 16.8 Å². The molecule has 10 heteroatoms. The Morgan fingerprint density at radius 3 is 1.60 bits per heavy atom. The topological polar surface area (TPSA) is 83.5 Å². The second-order valence-corrected chi connectivity index (χ2v) is 10.5. The summed E-state index contributed by atoms with van der Waals surface area (Å²) in [6.45, 7) is 10.5. The summed E-state index contributed by atoms with van der Waals surface area (Å²) in [5.74, 6) is 0. The van der Waals surface area contributed by atoms with Gasteiger partial charge in [0.1, 0.15) is 6.10 Å². The van der Waals surface area contributed by atoms with E-state index in [1.807, 2.05) is 13.3 Å². The molecule has 2 saturated heterocycles. The molecule has 25 heavy (non-hydrogen) atoms. The monoisotopic (exact) mass is 415 g/mol. The first kappa shape index (κ1) is 22.0. The Labute approximate surface area is 153 Å². The summed E-state index contributed by atoms with van der Waals surface area (Å²) in [4.78, 5) is 9.35. The van der Waals surface area contributed by atoms with Gasteiger partial charge in [-0.15, -0.1) is 9.42 Å².